The first-order valence-corrected chi connectivity index (χ1v) is 18.4. The summed E-state index contributed by atoms with van der Waals surface area (Å²) < 4.78 is 18.3. The van der Waals surface area contributed by atoms with E-state index in [9.17, 15) is 10.2 Å². The van der Waals surface area contributed by atoms with Crippen LogP contribution in [0.5, 0.6) is 0 Å². The first-order chi connectivity index (χ1) is 8.60. The van der Waals surface area contributed by atoms with E-state index in [4.69, 9.17) is 12.3 Å². The summed E-state index contributed by atoms with van der Waals surface area (Å²) in [6, 6.07) is 0. The van der Waals surface area contributed by atoms with Crippen molar-refractivity contribution in [3.8, 4) is 0 Å². The molecule has 0 fully saturated rings. The summed E-state index contributed by atoms with van der Waals surface area (Å²) in [5, 5.41) is 19.8. The largest absolute Gasteiger partial charge is 0.437 e. The van der Waals surface area contributed by atoms with Crippen molar-refractivity contribution in [1.29, 1.82) is 0 Å². The van der Waals surface area contributed by atoms with Crippen molar-refractivity contribution >= 4 is 34.5 Å². The van der Waals surface area contributed by atoms with Crippen LogP contribution in [0.15, 0.2) is 0 Å². The Morgan fingerprint density at radius 1 is 0.900 bits per heavy atom. The van der Waals surface area contributed by atoms with Crippen LogP contribution in [-0.4, -0.2) is 50.1 Å². The monoisotopic (exact) mass is 356 g/mol. The van der Waals surface area contributed by atoms with E-state index in [0.717, 1.165) is 0 Å². The molecule has 0 aliphatic rings. The molecule has 0 aromatic rings. The molecular weight excluding hydrogens is 324 g/mol. The van der Waals surface area contributed by atoms with Gasteiger partial charge in [-0.05, 0) is 58.8 Å². The van der Waals surface area contributed by atoms with Crippen molar-refractivity contribution in [2.24, 2.45) is 0 Å². The molecule has 0 aromatic carbocycles. The normalized spacial score (nSPS) is 16.4. The van der Waals surface area contributed by atoms with Gasteiger partial charge in [-0.1, -0.05) is 6.92 Å². The van der Waals surface area contributed by atoms with Crippen LogP contribution in [0.4, 0.5) is 0 Å². The van der Waals surface area contributed by atoms with Crippen molar-refractivity contribution in [3.05, 3.63) is 0 Å². The molecule has 0 heterocycles. The van der Waals surface area contributed by atoms with Crippen LogP contribution in [0, 0.1) is 0 Å². The third-order valence-corrected chi connectivity index (χ3v) is 16.4. The second kappa shape index (κ2) is 6.83. The maximum atomic E-state index is 9.89. The van der Waals surface area contributed by atoms with E-state index >= 15 is 0 Å². The minimum Gasteiger partial charge on any atom is -0.437 e. The van der Waals surface area contributed by atoms with Gasteiger partial charge in [0.1, 0.15) is 0 Å². The maximum Gasteiger partial charge on any atom is 0.312 e. The molecule has 2 N–H and O–H groups in total. The molecule has 0 rings (SSSR count). The zero-order chi connectivity index (χ0) is 16.4. The highest BCUT2D eigenvalue weighted by atomic mass is 28.5. The van der Waals surface area contributed by atoms with Crippen LogP contribution < -0.4 is 0 Å². The Labute approximate surface area is 128 Å². The second-order valence-electron chi connectivity index (χ2n) is 7.11. The summed E-state index contributed by atoms with van der Waals surface area (Å²) in [4.78, 5) is 0. The Hall–Kier alpha value is 0.668. The lowest BCUT2D eigenvalue weighted by atomic mass is 10.5. The third kappa shape index (κ3) is 8.19. The Kier molecular flexibility index (Phi) is 7.06. The summed E-state index contributed by atoms with van der Waals surface area (Å²) in [5.74, 6) is 0. The van der Waals surface area contributed by atoms with Crippen LogP contribution in [0.1, 0.15) is 13.3 Å². The van der Waals surface area contributed by atoms with Gasteiger partial charge >= 0.3 is 17.1 Å². The van der Waals surface area contributed by atoms with Crippen LogP contribution in [0.3, 0.4) is 0 Å². The molecule has 1 atom stereocenters. The standard InChI is InChI=1S/C11H32O5Si4/c1-10-11(12,13)17(2)14-19(6,7)16-20(8,9)15-18(3,4)5/h12-13,17H,10H2,1-9H3. The first-order valence-electron chi connectivity index (χ1n) is 7.13. The average molecular weight is 357 g/mol. The van der Waals surface area contributed by atoms with Gasteiger partial charge < -0.3 is 22.6 Å². The van der Waals surface area contributed by atoms with E-state index in [-0.39, 0.29) is 6.42 Å². The van der Waals surface area contributed by atoms with Gasteiger partial charge in [-0.15, -0.1) is 0 Å². The average Bonchev–Trinajstić information content (AvgIpc) is 2.10. The molecule has 122 valence electrons. The number of aliphatic hydroxyl groups is 2. The fraction of sp³-hybridized carbons (Fsp3) is 1.00. The van der Waals surface area contributed by atoms with Gasteiger partial charge in [0, 0.05) is 0 Å². The highest BCUT2D eigenvalue weighted by Crippen LogP contribution is 2.23. The van der Waals surface area contributed by atoms with Crippen LogP contribution in [0.25, 0.3) is 0 Å². The van der Waals surface area contributed by atoms with Gasteiger partial charge in [0.15, 0.2) is 13.7 Å². The minimum absolute atomic E-state index is 0.275. The van der Waals surface area contributed by atoms with Gasteiger partial charge in [-0.3, -0.25) is 0 Å². The van der Waals surface area contributed by atoms with E-state index in [1.165, 1.54) is 0 Å². The van der Waals surface area contributed by atoms with Crippen molar-refractivity contribution < 1.29 is 22.6 Å². The smallest absolute Gasteiger partial charge is 0.312 e. The zero-order valence-corrected chi connectivity index (χ0v) is 18.6. The number of hydrogen-bond donors (Lipinski definition) is 2. The lowest BCUT2D eigenvalue weighted by molar-refractivity contribution is -0.102. The number of hydrogen-bond acceptors (Lipinski definition) is 5. The van der Waals surface area contributed by atoms with E-state index in [2.05, 4.69) is 19.6 Å². The van der Waals surface area contributed by atoms with Gasteiger partial charge in [-0.2, -0.15) is 0 Å². The predicted molar refractivity (Wildman–Crippen MR) is 92.0 cm³/mol. The molecule has 0 saturated heterocycles. The molecule has 20 heavy (non-hydrogen) atoms. The molecule has 0 aliphatic heterocycles. The Morgan fingerprint density at radius 2 is 1.35 bits per heavy atom. The van der Waals surface area contributed by atoms with Crippen molar-refractivity contribution in [3.63, 3.8) is 0 Å². The van der Waals surface area contributed by atoms with Crippen molar-refractivity contribution in [1.82, 2.24) is 0 Å². The maximum absolute atomic E-state index is 9.89. The summed E-state index contributed by atoms with van der Waals surface area (Å²) in [5.41, 5.74) is -1.68. The second-order valence-corrected chi connectivity index (χ2v) is 21.7. The highest BCUT2D eigenvalue weighted by Gasteiger charge is 2.43. The third-order valence-electron chi connectivity index (χ3n) is 2.68. The number of rotatable bonds is 8. The van der Waals surface area contributed by atoms with Crippen LogP contribution in [0.2, 0.25) is 52.4 Å². The predicted octanol–water partition coefficient (Wildman–Crippen LogP) is 2.26. The topological polar surface area (TPSA) is 68.2 Å². The zero-order valence-electron chi connectivity index (χ0n) is 14.4. The fourth-order valence-electron chi connectivity index (χ4n) is 2.18. The quantitative estimate of drug-likeness (QED) is 0.516. The SMILES string of the molecule is CCC(O)(O)[SiH](C)O[Si](C)(C)O[Si](C)(C)O[Si](C)(C)C. The van der Waals surface area contributed by atoms with Gasteiger partial charge in [-0.25, -0.2) is 0 Å². The van der Waals surface area contributed by atoms with E-state index in [0.29, 0.717) is 0 Å². The minimum atomic E-state index is -2.43. The summed E-state index contributed by atoms with van der Waals surface area (Å²) >= 11 is 0. The Balaban J connectivity index is 4.74. The Bertz CT molecular complexity index is 314. The van der Waals surface area contributed by atoms with Gasteiger partial charge in [0.05, 0.1) is 0 Å². The summed E-state index contributed by atoms with van der Waals surface area (Å²) in [7, 11) is -8.49. The van der Waals surface area contributed by atoms with E-state index < -0.39 is 39.9 Å². The highest BCUT2D eigenvalue weighted by molar-refractivity contribution is 6.87. The molecule has 9 heteroatoms. The van der Waals surface area contributed by atoms with Crippen LogP contribution >= 0.6 is 0 Å². The van der Waals surface area contributed by atoms with Crippen LogP contribution in [-0.2, 0) is 12.3 Å². The lowest BCUT2D eigenvalue weighted by Crippen LogP contribution is -2.57. The molecule has 0 radical (unpaired) electrons. The van der Waals surface area contributed by atoms with Crippen molar-refractivity contribution in [2.75, 3.05) is 0 Å². The summed E-state index contributed by atoms with van der Waals surface area (Å²) in [6.45, 7) is 17.9. The molecule has 0 spiro atoms. The summed E-state index contributed by atoms with van der Waals surface area (Å²) in [6.07, 6.45) is 0.275. The fourth-order valence-corrected chi connectivity index (χ4v) is 18.7. The molecule has 1 unspecified atom stereocenters. The van der Waals surface area contributed by atoms with Gasteiger partial charge in [0.2, 0.25) is 9.04 Å². The van der Waals surface area contributed by atoms with E-state index in [1.807, 2.05) is 26.2 Å². The molecule has 5 nitrogen and oxygen atoms in total. The molecule has 0 amide bonds. The lowest BCUT2D eigenvalue weighted by Gasteiger charge is -2.39. The molecule has 0 aromatic heterocycles. The Morgan fingerprint density at radius 3 is 1.70 bits per heavy atom. The van der Waals surface area contributed by atoms with Crippen molar-refractivity contribution in [2.45, 2.75) is 71.1 Å². The first kappa shape index (κ1) is 20.7. The molecule has 0 aliphatic carbocycles. The molecule has 0 bridgehead atoms. The molecule has 0 saturated carbocycles. The van der Waals surface area contributed by atoms with Gasteiger partial charge in [0.25, 0.3) is 0 Å². The van der Waals surface area contributed by atoms with E-state index in [1.54, 1.807) is 13.5 Å². The molecular formula is C11H32O5Si4.